The number of carbonyl (C=O) groups is 1. The molecule has 0 bridgehead atoms. The summed E-state index contributed by atoms with van der Waals surface area (Å²) in [5.41, 5.74) is 7.19. The van der Waals surface area contributed by atoms with Gasteiger partial charge < -0.3 is 23.5 Å². The number of imidazole rings is 1. The van der Waals surface area contributed by atoms with Crippen molar-refractivity contribution in [3.05, 3.63) is 90.8 Å². The Morgan fingerprint density at radius 3 is 2.00 bits per heavy atom. The number of fused-ring (bicyclic) bond motifs is 1. The van der Waals surface area contributed by atoms with E-state index in [1.807, 2.05) is 72.9 Å². The van der Waals surface area contributed by atoms with Gasteiger partial charge in [0.1, 0.15) is 29.5 Å². The van der Waals surface area contributed by atoms with Crippen LogP contribution < -0.4 is 14.2 Å². The van der Waals surface area contributed by atoms with Gasteiger partial charge in [-0.3, -0.25) is 4.79 Å². The molecule has 0 unspecified atom stereocenters. The molecule has 5 aromatic rings. The van der Waals surface area contributed by atoms with E-state index in [2.05, 4.69) is 35.4 Å². The number of hydrogen-bond acceptors (Lipinski definition) is 6. The maximum Gasteiger partial charge on any atom is 0.159 e. The van der Waals surface area contributed by atoms with Gasteiger partial charge in [-0.05, 0) is 79.2 Å². The Bertz CT molecular complexity index is 1650. The molecule has 0 N–H and O–H groups in total. The van der Waals surface area contributed by atoms with Crippen LogP contribution >= 0.6 is 0 Å². The van der Waals surface area contributed by atoms with Crippen molar-refractivity contribution in [2.24, 2.45) is 0 Å². The van der Waals surface area contributed by atoms with Crippen molar-refractivity contribution < 1.29 is 19.0 Å². The molecule has 0 spiro atoms. The molecule has 2 aromatic heterocycles. The third-order valence-electron chi connectivity index (χ3n) is 7.56. The number of hydrogen-bond donors (Lipinski definition) is 0. The minimum absolute atomic E-state index is 0.0347. The molecule has 0 aliphatic rings. The number of methoxy groups -OCH3 is 2. The molecule has 3 aromatic carbocycles. The Morgan fingerprint density at radius 1 is 0.762 bits per heavy atom. The van der Waals surface area contributed by atoms with Crippen molar-refractivity contribution in [2.75, 3.05) is 40.5 Å². The summed E-state index contributed by atoms with van der Waals surface area (Å²) in [6.45, 7) is 9.49. The summed E-state index contributed by atoms with van der Waals surface area (Å²) in [7, 11) is 3.29. The van der Waals surface area contributed by atoms with Gasteiger partial charge in [-0.25, -0.2) is 4.98 Å². The van der Waals surface area contributed by atoms with Crippen molar-refractivity contribution in [1.82, 2.24) is 14.3 Å². The second-order valence-electron chi connectivity index (χ2n) is 10.1. The standard InChI is InChI=1S/C35H37N3O4/c1-6-37(7-2)16-17-42-30-14-12-27(13-15-30)34-23-38-22-29(28-18-31(40-4)21-32(19-28)41-5)20-33(35(38)36-34)26-10-8-25(9-11-26)24(3)39/h8-15,18-23H,6-7,16-17H2,1-5H3. The third kappa shape index (κ3) is 6.31. The van der Waals surface area contributed by atoms with E-state index in [9.17, 15) is 4.79 Å². The first kappa shape index (κ1) is 28.9. The van der Waals surface area contributed by atoms with Gasteiger partial charge in [0, 0.05) is 41.7 Å². The molecule has 0 aliphatic heterocycles. The van der Waals surface area contributed by atoms with Gasteiger partial charge in [0.15, 0.2) is 5.78 Å². The SMILES string of the molecule is CCN(CC)CCOc1ccc(-c2cn3cc(-c4cc(OC)cc(OC)c4)cc(-c4ccc(C(C)=O)cc4)c3n2)cc1. The second-order valence-corrected chi connectivity index (χ2v) is 10.1. The monoisotopic (exact) mass is 563 g/mol. The maximum absolute atomic E-state index is 11.9. The number of ether oxygens (including phenoxy) is 3. The molecule has 0 radical (unpaired) electrons. The first-order valence-electron chi connectivity index (χ1n) is 14.3. The van der Waals surface area contributed by atoms with Gasteiger partial charge in [-0.1, -0.05) is 38.1 Å². The summed E-state index contributed by atoms with van der Waals surface area (Å²) in [5.74, 6) is 2.30. The molecule has 0 saturated carbocycles. The zero-order chi connectivity index (χ0) is 29.6. The van der Waals surface area contributed by atoms with Crippen LogP contribution in [0.2, 0.25) is 0 Å². The van der Waals surface area contributed by atoms with E-state index in [4.69, 9.17) is 19.2 Å². The molecule has 0 amide bonds. The van der Waals surface area contributed by atoms with Crippen LogP contribution in [0.5, 0.6) is 17.2 Å². The molecule has 42 heavy (non-hydrogen) atoms. The molecule has 0 fully saturated rings. The highest BCUT2D eigenvalue weighted by molar-refractivity contribution is 5.95. The number of Topliss-reactive ketones (excluding diaryl/α,β-unsaturated/α-hetero) is 1. The number of rotatable bonds is 12. The molecule has 7 nitrogen and oxygen atoms in total. The Labute approximate surface area is 247 Å². The predicted molar refractivity (Wildman–Crippen MR) is 168 cm³/mol. The average molecular weight is 564 g/mol. The van der Waals surface area contributed by atoms with E-state index in [-0.39, 0.29) is 5.78 Å². The molecule has 0 saturated heterocycles. The van der Waals surface area contributed by atoms with Gasteiger partial charge >= 0.3 is 0 Å². The quantitative estimate of drug-likeness (QED) is 0.149. The zero-order valence-corrected chi connectivity index (χ0v) is 24.9. The fourth-order valence-corrected chi connectivity index (χ4v) is 5.02. The second kappa shape index (κ2) is 12.9. The van der Waals surface area contributed by atoms with Gasteiger partial charge in [-0.2, -0.15) is 0 Å². The minimum Gasteiger partial charge on any atom is -0.497 e. The first-order valence-corrected chi connectivity index (χ1v) is 14.3. The number of nitrogens with zero attached hydrogens (tertiary/aromatic N) is 3. The fourth-order valence-electron chi connectivity index (χ4n) is 5.02. The molecule has 7 heteroatoms. The Hall–Kier alpha value is -4.62. The third-order valence-corrected chi connectivity index (χ3v) is 7.56. The number of benzene rings is 3. The van der Waals surface area contributed by atoms with Crippen molar-refractivity contribution >= 4 is 11.4 Å². The van der Waals surface area contributed by atoms with Crippen molar-refractivity contribution in [2.45, 2.75) is 20.8 Å². The Kier molecular flexibility index (Phi) is 8.88. The molecule has 2 heterocycles. The molecule has 0 aliphatic carbocycles. The normalized spacial score (nSPS) is 11.2. The highest BCUT2D eigenvalue weighted by atomic mass is 16.5. The Balaban J connectivity index is 1.54. The lowest BCUT2D eigenvalue weighted by Gasteiger charge is -2.18. The molecule has 5 rings (SSSR count). The summed E-state index contributed by atoms with van der Waals surface area (Å²) >= 11 is 0. The van der Waals surface area contributed by atoms with E-state index >= 15 is 0 Å². The summed E-state index contributed by atoms with van der Waals surface area (Å²) in [4.78, 5) is 19.3. The van der Waals surface area contributed by atoms with Crippen LogP contribution in [0.25, 0.3) is 39.2 Å². The molecular weight excluding hydrogens is 526 g/mol. The van der Waals surface area contributed by atoms with Crippen LogP contribution in [-0.2, 0) is 0 Å². The van der Waals surface area contributed by atoms with Crippen molar-refractivity contribution in [3.63, 3.8) is 0 Å². The Morgan fingerprint density at radius 2 is 1.40 bits per heavy atom. The van der Waals surface area contributed by atoms with E-state index in [1.54, 1.807) is 21.1 Å². The highest BCUT2D eigenvalue weighted by Gasteiger charge is 2.15. The smallest absolute Gasteiger partial charge is 0.159 e. The predicted octanol–water partition coefficient (Wildman–Crippen LogP) is 7.28. The summed E-state index contributed by atoms with van der Waals surface area (Å²) in [5, 5.41) is 0. The summed E-state index contributed by atoms with van der Waals surface area (Å²) in [6, 6.07) is 23.7. The zero-order valence-electron chi connectivity index (χ0n) is 24.9. The lowest BCUT2D eigenvalue weighted by Crippen LogP contribution is -2.27. The van der Waals surface area contributed by atoms with Crippen LogP contribution in [0.15, 0.2) is 85.2 Å². The van der Waals surface area contributed by atoms with E-state index < -0.39 is 0 Å². The van der Waals surface area contributed by atoms with Crippen molar-refractivity contribution in [1.29, 1.82) is 0 Å². The summed E-state index contributed by atoms with van der Waals surface area (Å²) < 4.78 is 19.1. The number of likely N-dealkylation sites (N-methyl/N-ethyl adjacent to an activating group) is 1. The maximum atomic E-state index is 11.9. The topological polar surface area (TPSA) is 65.3 Å². The highest BCUT2D eigenvalue weighted by Crippen LogP contribution is 2.35. The van der Waals surface area contributed by atoms with E-state index in [0.717, 1.165) is 64.5 Å². The number of aromatic nitrogens is 2. The van der Waals surface area contributed by atoms with Gasteiger partial charge in [0.2, 0.25) is 0 Å². The van der Waals surface area contributed by atoms with Gasteiger partial charge in [0.25, 0.3) is 0 Å². The minimum atomic E-state index is 0.0347. The first-order chi connectivity index (χ1) is 20.4. The molecule has 216 valence electrons. The van der Waals surface area contributed by atoms with Crippen LogP contribution in [-0.4, -0.2) is 60.5 Å². The number of pyridine rings is 1. The molecular formula is C35H37N3O4. The lowest BCUT2D eigenvalue weighted by molar-refractivity contribution is 0.101. The summed E-state index contributed by atoms with van der Waals surface area (Å²) in [6.07, 6.45) is 4.11. The van der Waals surface area contributed by atoms with Crippen molar-refractivity contribution in [3.8, 4) is 50.8 Å². The average Bonchev–Trinajstić information content (AvgIpc) is 3.47. The number of carbonyl (C=O) groups excluding carboxylic acids is 1. The van der Waals surface area contributed by atoms with Crippen LogP contribution in [0.4, 0.5) is 0 Å². The molecule has 0 atom stereocenters. The fraction of sp³-hybridized carbons (Fsp3) is 0.257. The number of ketones is 1. The van der Waals surface area contributed by atoms with Crippen LogP contribution in [0.3, 0.4) is 0 Å². The van der Waals surface area contributed by atoms with E-state index in [1.165, 1.54) is 0 Å². The van der Waals surface area contributed by atoms with E-state index in [0.29, 0.717) is 23.7 Å². The lowest BCUT2D eigenvalue weighted by atomic mass is 9.99. The van der Waals surface area contributed by atoms with Crippen LogP contribution in [0, 0.1) is 0 Å². The van der Waals surface area contributed by atoms with Gasteiger partial charge in [-0.15, -0.1) is 0 Å². The van der Waals surface area contributed by atoms with Crippen LogP contribution in [0.1, 0.15) is 31.1 Å². The largest absolute Gasteiger partial charge is 0.497 e. The van der Waals surface area contributed by atoms with Gasteiger partial charge in [0.05, 0.1) is 19.9 Å².